The molecule has 1 saturated heterocycles. The maximum atomic E-state index is 9.60. The van der Waals surface area contributed by atoms with E-state index in [0.717, 1.165) is 29.9 Å². The highest BCUT2D eigenvalue weighted by atomic mass is 16.3. The molecule has 1 aliphatic heterocycles. The second-order valence-electron chi connectivity index (χ2n) is 4.99. The molecule has 5 nitrogen and oxygen atoms in total. The van der Waals surface area contributed by atoms with Crippen LogP contribution < -0.4 is 4.90 Å². The van der Waals surface area contributed by atoms with E-state index in [1.165, 1.54) is 0 Å². The van der Waals surface area contributed by atoms with Crippen molar-refractivity contribution in [2.75, 3.05) is 18.0 Å². The van der Waals surface area contributed by atoms with E-state index in [9.17, 15) is 10.2 Å². The van der Waals surface area contributed by atoms with Crippen molar-refractivity contribution in [2.24, 2.45) is 0 Å². The van der Waals surface area contributed by atoms with Crippen LogP contribution in [0, 0.1) is 0 Å². The zero-order valence-electron chi connectivity index (χ0n) is 11.1. The fraction of sp³-hybridized carbons (Fsp3) is 0.333. The van der Waals surface area contributed by atoms with Crippen LogP contribution in [-0.4, -0.2) is 39.4 Å². The van der Waals surface area contributed by atoms with Crippen LogP contribution >= 0.6 is 0 Å². The quantitative estimate of drug-likeness (QED) is 0.878. The van der Waals surface area contributed by atoms with Gasteiger partial charge in [0, 0.05) is 24.8 Å². The number of aromatic nitrogens is 2. The topological polar surface area (TPSA) is 69.5 Å². The predicted molar refractivity (Wildman–Crippen MR) is 76.2 cm³/mol. The lowest BCUT2D eigenvalue weighted by Gasteiger charge is -2.16. The first-order chi connectivity index (χ1) is 9.76. The minimum Gasteiger partial charge on any atom is -0.392 e. The van der Waals surface area contributed by atoms with E-state index in [1.807, 2.05) is 30.3 Å². The third-order valence-electron chi connectivity index (χ3n) is 3.50. The molecule has 0 spiro atoms. The largest absolute Gasteiger partial charge is 0.392 e. The molecule has 0 saturated carbocycles. The molecule has 0 aliphatic carbocycles. The lowest BCUT2D eigenvalue weighted by Crippen LogP contribution is -2.22. The fourth-order valence-electron chi connectivity index (χ4n) is 2.42. The Hall–Kier alpha value is -1.98. The summed E-state index contributed by atoms with van der Waals surface area (Å²) in [6.45, 7) is 1.44. The summed E-state index contributed by atoms with van der Waals surface area (Å²) in [5.74, 6) is 1.47. The molecule has 1 fully saturated rings. The summed E-state index contributed by atoms with van der Waals surface area (Å²) in [6, 6.07) is 9.42. The number of benzene rings is 1. The molecular weight excluding hydrogens is 254 g/mol. The van der Waals surface area contributed by atoms with Crippen LogP contribution in [0.15, 0.2) is 36.5 Å². The van der Waals surface area contributed by atoms with Gasteiger partial charge in [-0.25, -0.2) is 9.97 Å². The van der Waals surface area contributed by atoms with Crippen LogP contribution in [0.25, 0.3) is 11.4 Å². The third-order valence-corrected chi connectivity index (χ3v) is 3.50. The van der Waals surface area contributed by atoms with Crippen molar-refractivity contribution in [3.05, 3.63) is 42.1 Å². The summed E-state index contributed by atoms with van der Waals surface area (Å²) in [5.41, 5.74) is 1.73. The molecule has 2 aromatic rings. The number of hydrogen-bond donors (Lipinski definition) is 2. The summed E-state index contributed by atoms with van der Waals surface area (Å²) in [6.07, 6.45) is 2.24. The van der Waals surface area contributed by atoms with Gasteiger partial charge < -0.3 is 15.1 Å². The highest BCUT2D eigenvalue weighted by molar-refractivity contribution is 5.58. The number of aliphatic hydroxyl groups is 2. The maximum Gasteiger partial charge on any atom is 0.161 e. The van der Waals surface area contributed by atoms with Crippen molar-refractivity contribution >= 4 is 5.82 Å². The zero-order valence-corrected chi connectivity index (χ0v) is 11.1. The number of rotatable bonds is 3. The molecule has 0 radical (unpaired) electrons. The van der Waals surface area contributed by atoms with Gasteiger partial charge in [0.05, 0.1) is 12.7 Å². The minimum absolute atomic E-state index is 0.00580. The second kappa shape index (κ2) is 5.56. The van der Waals surface area contributed by atoms with Gasteiger partial charge in [0.2, 0.25) is 0 Å². The molecule has 1 atom stereocenters. The number of β-amino-alcohol motifs (C(OH)–C–C–N with tert-alkyl or cyclic N) is 1. The Balaban J connectivity index is 1.90. The predicted octanol–water partition coefficient (Wildman–Crippen LogP) is 1.21. The molecule has 1 aliphatic rings. The average Bonchev–Trinajstić information content (AvgIpc) is 2.94. The molecule has 2 heterocycles. The lowest BCUT2D eigenvalue weighted by atomic mass is 10.1. The SMILES string of the molecule is OCc1cccc(-c2nccc(N3CC[C@H](O)C3)n2)c1. The molecular formula is C15H17N3O2. The molecule has 0 bridgehead atoms. The van der Waals surface area contributed by atoms with Crippen LogP contribution in [0.4, 0.5) is 5.82 Å². The van der Waals surface area contributed by atoms with Crippen LogP contribution in [0.2, 0.25) is 0 Å². The van der Waals surface area contributed by atoms with E-state index in [4.69, 9.17) is 0 Å². The van der Waals surface area contributed by atoms with Crippen molar-refractivity contribution in [1.82, 2.24) is 9.97 Å². The first-order valence-electron chi connectivity index (χ1n) is 6.72. The van der Waals surface area contributed by atoms with Crippen molar-refractivity contribution in [3.63, 3.8) is 0 Å². The monoisotopic (exact) mass is 271 g/mol. The maximum absolute atomic E-state index is 9.60. The van der Waals surface area contributed by atoms with Gasteiger partial charge in [-0.1, -0.05) is 18.2 Å². The summed E-state index contributed by atoms with van der Waals surface area (Å²) in [5, 5.41) is 18.8. The molecule has 20 heavy (non-hydrogen) atoms. The van der Waals surface area contributed by atoms with Crippen molar-refractivity contribution in [2.45, 2.75) is 19.1 Å². The highest BCUT2D eigenvalue weighted by Crippen LogP contribution is 2.22. The van der Waals surface area contributed by atoms with Gasteiger partial charge in [-0.05, 0) is 24.1 Å². The van der Waals surface area contributed by atoms with Gasteiger partial charge in [-0.2, -0.15) is 0 Å². The number of nitrogens with zero attached hydrogens (tertiary/aromatic N) is 3. The van der Waals surface area contributed by atoms with Gasteiger partial charge in [-0.3, -0.25) is 0 Å². The summed E-state index contributed by atoms with van der Waals surface area (Å²) in [4.78, 5) is 10.9. The van der Waals surface area contributed by atoms with Gasteiger partial charge in [0.1, 0.15) is 5.82 Å². The molecule has 5 heteroatoms. The Morgan fingerprint density at radius 1 is 1.30 bits per heavy atom. The van der Waals surface area contributed by atoms with E-state index in [0.29, 0.717) is 12.4 Å². The first-order valence-corrected chi connectivity index (χ1v) is 6.72. The van der Waals surface area contributed by atoms with E-state index >= 15 is 0 Å². The van der Waals surface area contributed by atoms with Crippen molar-refractivity contribution < 1.29 is 10.2 Å². The standard InChI is InChI=1S/C15H17N3O2/c19-10-11-2-1-3-12(8-11)15-16-6-4-14(17-15)18-7-5-13(20)9-18/h1-4,6,8,13,19-20H,5,7,9-10H2/t13-/m0/s1. The molecule has 1 aromatic carbocycles. The Bertz CT molecular complexity index is 603. The van der Waals surface area contributed by atoms with E-state index in [1.54, 1.807) is 6.20 Å². The number of hydrogen-bond acceptors (Lipinski definition) is 5. The fourth-order valence-corrected chi connectivity index (χ4v) is 2.42. The normalized spacial score (nSPS) is 18.5. The van der Waals surface area contributed by atoms with E-state index in [-0.39, 0.29) is 12.7 Å². The summed E-state index contributed by atoms with van der Waals surface area (Å²) in [7, 11) is 0. The Morgan fingerprint density at radius 2 is 2.20 bits per heavy atom. The highest BCUT2D eigenvalue weighted by Gasteiger charge is 2.21. The second-order valence-corrected chi connectivity index (χ2v) is 4.99. The van der Waals surface area contributed by atoms with Crippen LogP contribution in [0.1, 0.15) is 12.0 Å². The molecule has 0 amide bonds. The van der Waals surface area contributed by atoms with Crippen LogP contribution in [-0.2, 0) is 6.61 Å². The zero-order chi connectivity index (χ0) is 13.9. The van der Waals surface area contributed by atoms with Crippen LogP contribution in [0.3, 0.4) is 0 Å². The van der Waals surface area contributed by atoms with Gasteiger partial charge in [0.25, 0.3) is 0 Å². The average molecular weight is 271 g/mol. The van der Waals surface area contributed by atoms with Crippen molar-refractivity contribution in [3.8, 4) is 11.4 Å². The molecule has 2 N–H and O–H groups in total. The smallest absolute Gasteiger partial charge is 0.161 e. The van der Waals surface area contributed by atoms with Gasteiger partial charge in [-0.15, -0.1) is 0 Å². The van der Waals surface area contributed by atoms with E-state index < -0.39 is 0 Å². The van der Waals surface area contributed by atoms with E-state index in [2.05, 4.69) is 14.9 Å². The summed E-state index contributed by atoms with van der Waals surface area (Å²) >= 11 is 0. The third kappa shape index (κ3) is 2.64. The summed E-state index contributed by atoms with van der Waals surface area (Å²) < 4.78 is 0. The Morgan fingerprint density at radius 3 is 2.95 bits per heavy atom. The molecule has 0 unspecified atom stereocenters. The first kappa shape index (κ1) is 13.0. The molecule has 3 rings (SSSR count). The Kier molecular flexibility index (Phi) is 3.62. The van der Waals surface area contributed by atoms with Gasteiger partial charge >= 0.3 is 0 Å². The number of aliphatic hydroxyl groups excluding tert-OH is 2. The van der Waals surface area contributed by atoms with Crippen molar-refractivity contribution in [1.29, 1.82) is 0 Å². The van der Waals surface area contributed by atoms with Gasteiger partial charge in [0.15, 0.2) is 5.82 Å². The minimum atomic E-state index is -0.272. The molecule has 1 aromatic heterocycles. The number of anilines is 1. The Labute approximate surface area is 117 Å². The lowest BCUT2D eigenvalue weighted by molar-refractivity contribution is 0.198. The van der Waals surface area contributed by atoms with Crippen LogP contribution in [0.5, 0.6) is 0 Å². The molecule has 104 valence electrons.